The Labute approximate surface area is 128 Å². The Morgan fingerprint density at radius 1 is 1.50 bits per heavy atom. The number of ether oxygens (including phenoxy) is 1. The molecule has 1 aromatic rings. The third-order valence-corrected chi connectivity index (χ3v) is 4.04. The van der Waals surface area contributed by atoms with Crippen molar-refractivity contribution in [1.29, 1.82) is 0 Å². The lowest BCUT2D eigenvalue weighted by Crippen LogP contribution is -2.30. The molecule has 0 heterocycles. The maximum absolute atomic E-state index is 11.6. The number of carbonyl (C=O) groups is 1. The van der Waals surface area contributed by atoms with E-state index in [4.69, 9.17) is 4.74 Å². The topological polar surface area (TPSA) is 50.4 Å². The molecule has 2 rings (SSSR count). The Morgan fingerprint density at radius 2 is 2.25 bits per heavy atom. The molecule has 0 radical (unpaired) electrons. The van der Waals surface area contributed by atoms with Crippen LogP contribution < -0.4 is 15.4 Å². The van der Waals surface area contributed by atoms with Crippen LogP contribution in [-0.2, 0) is 4.79 Å². The second-order valence-corrected chi connectivity index (χ2v) is 6.02. The van der Waals surface area contributed by atoms with Gasteiger partial charge in [0.05, 0.1) is 11.6 Å². The van der Waals surface area contributed by atoms with E-state index < -0.39 is 0 Å². The van der Waals surface area contributed by atoms with Gasteiger partial charge in [0.25, 0.3) is 0 Å². The van der Waals surface area contributed by atoms with E-state index in [-0.39, 0.29) is 11.9 Å². The van der Waals surface area contributed by atoms with E-state index in [9.17, 15) is 4.79 Å². The molecule has 1 atom stereocenters. The third-order valence-electron chi connectivity index (χ3n) is 3.42. The minimum atomic E-state index is 0.142. The van der Waals surface area contributed by atoms with Gasteiger partial charge in [0, 0.05) is 25.0 Å². The van der Waals surface area contributed by atoms with E-state index in [1.807, 2.05) is 18.2 Å². The number of carbonyl (C=O) groups excluding carboxylic acids is 1. The molecule has 1 fully saturated rings. The van der Waals surface area contributed by atoms with Crippen LogP contribution in [0.25, 0.3) is 0 Å². The second-order valence-electron chi connectivity index (χ2n) is 5.16. The summed E-state index contributed by atoms with van der Waals surface area (Å²) in [5.41, 5.74) is 1.17. The van der Waals surface area contributed by atoms with Gasteiger partial charge in [-0.15, -0.1) is 0 Å². The van der Waals surface area contributed by atoms with Gasteiger partial charge >= 0.3 is 0 Å². The van der Waals surface area contributed by atoms with Gasteiger partial charge in [-0.25, -0.2) is 0 Å². The summed E-state index contributed by atoms with van der Waals surface area (Å²) in [6, 6.07) is 6.66. The van der Waals surface area contributed by atoms with Crippen LogP contribution in [0.5, 0.6) is 5.75 Å². The van der Waals surface area contributed by atoms with Crippen molar-refractivity contribution in [2.24, 2.45) is 0 Å². The van der Waals surface area contributed by atoms with Gasteiger partial charge in [-0.3, -0.25) is 4.79 Å². The van der Waals surface area contributed by atoms with Crippen LogP contribution in [0, 0.1) is 0 Å². The molecular formula is C15H21BrN2O2. The fourth-order valence-corrected chi connectivity index (χ4v) is 2.56. The highest BCUT2D eigenvalue weighted by Gasteiger charge is 2.22. The average Bonchev–Trinajstić information content (AvgIpc) is 3.22. The third kappa shape index (κ3) is 4.49. The summed E-state index contributed by atoms with van der Waals surface area (Å²) >= 11 is 3.48. The molecule has 1 aliphatic carbocycles. The SMILES string of the molecule is COc1ccc(C(C)NCCC(=O)NC2CC2)cc1Br. The minimum Gasteiger partial charge on any atom is -0.496 e. The summed E-state index contributed by atoms with van der Waals surface area (Å²) in [7, 11) is 1.65. The summed E-state index contributed by atoms with van der Waals surface area (Å²) in [5.74, 6) is 0.966. The maximum atomic E-state index is 11.6. The molecular weight excluding hydrogens is 320 g/mol. The highest BCUT2D eigenvalue weighted by molar-refractivity contribution is 9.10. The predicted octanol–water partition coefficient (Wildman–Crippen LogP) is 2.78. The Morgan fingerprint density at radius 3 is 2.85 bits per heavy atom. The van der Waals surface area contributed by atoms with E-state index in [2.05, 4.69) is 33.5 Å². The van der Waals surface area contributed by atoms with Gasteiger partial charge < -0.3 is 15.4 Å². The summed E-state index contributed by atoms with van der Waals surface area (Å²) in [6.07, 6.45) is 2.79. The summed E-state index contributed by atoms with van der Waals surface area (Å²) in [6.45, 7) is 2.77. The average molecular weight is 341 g/mol. The highest BCUT2D eigenvalue weighted by Crippen LogP contribution is 2.27. The zero-order valence-corrected chi connectivity index (χ0v) is 13.5. The number of hydrogen-bond donors (Lipinski definition) is 2. The predicted molar refractivity (Wildman–Crippen MR) is 82.9 cm³/mol. The van der Waals surface area contributed by atoms with Crippen molar-refractivity contribution < 1.29 is 9.53 Å². The van der Waals surface area contributed by atoms with Crippen molar-refractivity contribution in [3.63, 3.8) is 0 Å². The first-order chi connectivity index (χ1) is 9.60. The van der Waals surface area contributed by atoms with Gasteiger partial charge in [0.1, 0.15) is 5.75 Å². The van der Waals surface area contributed by atoms with Gasteiger partial charge in [-0.2, -0.15) is 0 Å². The summed E-state index contributed by atoms with van der Waals surface area (Å²) < 4.78 is 6.16. The fraction of sp³-hybridized carbons (Fsp3) is 0.533. The number of methoxy groups -OCH3 is 1. The molecule has 110 valence electrons. The van der Waals surface area contributed by atoms with E-state index >= 15 is 0 Å². The Bertz CT molecular complexity index is 475. The Hall–Kier alpha value is -1.07. The first-order valence-corrected chi connectivity index (χ1v) is 7.75. The number of hydrogen-bond acceptors (Lipinski definition) is 3. The number of halogens is 1. The highest BCUT2D eigenvalue weighted by atomic mass is 79.9. The molecule has 20 heavy (non-hydrogen) atoms. The fourth-order valence-electron chi connectivity index (χ4n) is 2.00. The van der Waals surface area contributed by atoms with Crippen molar-refractivity contribution >= 4 is 21.8 Å². The largest absolute Gasteiger partial charge is 0.496 e. The molecule has 2 N–H and O–H groups in total. The first kappa shape index (κ1) is 15.3. The molecule has 1 saturated carbocycles. The molecule has 0 saturated heterocycles. The normalized spacial score (nSPS) is 15.8. The number of rotatable bonds is 7. The number of nitrogens with one attached hydrogen (secondary N) is 2. The molecule has 1 unspecified atom stereocenters. The van der Waals surface area contributed by atoms with Crippen LogP contribution in [0.3, 0.4) is 0 Å². The van der Waals surface area contributed by atoms with Crippen molar-refractivity contribution in [3.8, 4) is 5.75 Å². The van der Waals surface area contributed by atoms with Crippen molar-refractivity contribution in [2.75, 3.05) is 13.7 Å². The van der Waals surface area contributed by atoms with Gasteiger partial charge in [0.15, 0.2) is 0 Å². The molecule has 4 nitrogen and oxygen atoms in total. The van der Waals surface area contributed by atoms with Crippen LogP contribution in [-0.4, -0.2) is 25.6 Å². The quantitative estimate of drug-likeness (QED) is 0.802. The molecule has 5 heteroatoms. The molecule has 0 bridgehead atoms. The zero-order chi connectivity index (χ0) is 14.5. The monoisotopic (exact) mass is 340 g/mol. The van der Waals surface area contributed by atoms with Crippen LogP contribution in [0.15, 0.2) is 22.7 Å². The molecule has 0 aliphatic heterocycles. The van der Waals surface area contributed by atoms with Crippen LogP contribution in [0.1, 0.15) is 37.8 Å². The molecule has 1 aromatic carbocycles. The number of amides is 1. The summed E-state index contributed by atoms with van der Waals surface area (Å²) in [5, 5.41) is 6.35. The minimum absolute atomic E-state index is 0.142. The lowest BCUT2D eigenvalue weighted by Gasteiger charge is -2.15. The van der Waals surface area contributed by atoms with E-state index in [1.165, 1.54) is 5.56 Å². The zero-order valence-electron chi connectivity index (χ0n) is 11.9. The lowest BCUT2D eigenvalue weighted by molar-refractivity contribution is -0.121. The standard InChI is InChI=1S/C15H21BrN2O2/c1-10(11-3-6-14(20-2)13(16)9-11)17-8-7-15(19)18-12-4-5-12/h3,6,9-10,12,17H,4-5,7-8H2,1-2H3,(H,18,19). The second kappa shape index (κ2) is 7.09. The maximum Gasteiger partial charge on any atom is 0.221 e. The van der Waals surface area contributed by atoms with E-state index in [1.54, 1.807) is 7.11 Å². The van der Waals surface area contributed by atoms with Gasteiger partial charge in [-0.05, 0) is 53.4 Å². The molecule has 1 aliphatic rings. The van der Waals surface area contributed by atoms with Crippen molar-refractivity contribution in [2.45, 2.75) is 38.3 Å². The van der Waals surface area contributed by atoms with E-state index in [0.29, 0.717) is 19.0 Å². The number of benzene rings is 1. The Kier molecular flexibility index (Phi) is 5.43. The van der Waals surface area contributed by atoms with Crippen LogP contribution >= 0.6 is 15.9 Å². The lowest BCUT2D eigenvalue weighted by atomic mass is 10.1. The van der Waals surface area contributed by atoms with Gasteiger partial charge in [0.2, 0.25) is 5.91 Å². The van der Waals surface area contributed by atoms with E-state index in [0.717, 1.165) is 23.1 Å². The van der Waals surface area contributed by atoms with Gasteiger partial charge in [-0.1, -0.05) is 6.07 Å². The van der Waals surface area contributed by atoms with Crippen molar-refractivity contribution in [1.82, 2.24) is 10.6 Å². The molecule has 1 amide bonds. The molecule has 0 spiro atoms. The van der Waals surface area contributed by atoms with Crippen molar-refractivity contribution in [3.05, 3.63) is 28.2 Å². The smallest absolute Gasteiger partial charge is 0.221 e. The first-order valence-electron chi connectivity index (χ1n) is 6.96. The van der Waals surface area contributed by atoms with Crippen LogP contribution in [0.4, 0.5) is 0 Å². The van der Waals surface area contributed by atoms with Crippen LogP contribution in [0.2, 0.25) is 0 Å². The summed E-state index contributed by atoms with van der Waals surface area (Å²) in [4.78, 5) is 11.6. The molecule has 0 aromatic heterocycles. The Balaban J connectivity index is 1.77.